The van der Waals surface area contributed by atoms with Crippen LogP contribution in [0.25, 0.3) is 0 Å². The van der Waals surface area contributed by atoms with E-state index in [0.29, 0.717) is 0 Å². The third kappa shape index (κ3) is 3.75. The third-order valence-electron chi connectivity index (χ3n) is 2.96. The molecule has 2 rings (SSSR count). The molecule has 0 saturated heterocycles. The predicted octanol–water partition coefficient (Wildman–Crippen LogP) is 3.12. The van der Waals surface area contributed by atoms with Crippen molar-refractivity contribution in [3.8, 4) is 0 Å². The number of rotatable bonds is 5. The number of carboxylic acids is 1. The highest BCUT2D eigenvalue weighted by Gasteiger charge is 2.01. The van der Waals surface area contributed by atoms with Gasteiger partial charge in [0.25, 0.3) is 0 Å². The van der Waals surface area contributed by atoms with Gasteiger partial charge in [0.1, 0.15) is 0 Å². The standard InChI is InChI=1S/C16H18N2O2/c1-18(2)15-5-3-4-14(11-15)17-13-8-6-12(7-9-13)10-16(19)20/h3-9,11,17H,10H2,1-2H3,(H,19,20). The fraction of sp³-hybridized carbons (Fsp3) is 0.188. The molecule has 0 unspecified atom stereocenters. The van der Waals surface area contributed by atoms with Gasteiger partial charge in [-0.05, 0) is 35.9 Å². The van der Waals surface area contributed by atoms with Crippen LogP contribution in [0.2, 0.25) is 0 Å². The molecule has 0 aromatic heterocycles. The van der Waals surface area contributed by atoms with Gasteiger partial charge in [0, 0.05) is 31.2 Å². The Balaban J connectivity index is 2.10. The minimum atomic E-state index is -0.815. The van der Waals surface area contributed by atoms with Crippen LogP contribution in [0.1, 0.15) is 5.56 Å². The van der Waals surface area contributed by atoms with E-state index in [1.54, 1.807) is 0 Å². The molecule has 0 atom stereocenters. The Kier molecular flexibility index (Phi) is 4.25. The molecule has 0 aliphatic rings. The van der Waals surface area contributed by atoms with Gasteiger partial charge in [-0.15, -0.1) is 0 Å². The maximum Gasteiger partial charge on any atom is 0.307 e. The van der Waals surface area contributed by atoms with E-state index in [-0.39, 0.29) is 6.42 Å². The molecule has 0 amide bonds. The third-order valence-corrected chi connectivity index (χ3v) is 2.96. The van der Waals surface area contributed by atoms with Crippen LogP contribution in [0.15, 0.2) is 48.5 Å². The van der Waals surface area contributed by atoms with Crippen LogP contribution in [-0.4, -0.2) is 25.2 Å². The Bertz CT molecular complexity index is 592. The molecule has 4 nitrogen and oxygen atoms in total. The minimum Gasteiger partial charge on any atom is -0.481 e. The van der Waals surface area contributed by atoms with Gasteiger partial charge < -0.3 is 15.3 Å². The average molecular weight is 270 g/mol. The highest BCUT2D eigenvalue weighted by atomic mass is 16.4. The van der Waals surface area contributed by atoms with Crippen LogP contribution >= 0.6 is 0 Å². The van der Waals surface area contributed by atoms with Gasteiger partial charge in [-0.25, -0.2) is 0 Å². The summed E-state index contributed by atoms with van der Waals surface area (Å²) in [6, 6.07) is 15.5. The second kappa shape index (κ2) is 6.10. The molecular weight excluding hydrogens is 252 g/mol. The summed E-state index contributed by atoms with van der Waals surface area (Å²) in [6.07, 6.45) is 0.0520. The summed E-state index contributed by atoms with van der Waals surface area (Å²) >= 11 is 0. The largest absolute Gasteiger partial charge is 0.481 e. The van der Waals surface area contributed by atoms with E-state index in [1.807, 2.05) is 61.5 Å². The summed E-state index contributed by atoms with van der Waals surface area (Å²) in [7, 11) is 4.00. The minimum absolute atomic E-state index is 0.0520. The number of carbonyl (C=O) groups is 1. The van der Waals surface area contributed by atoms with Crippen molar-refractivity contribution < 1.29 is 9.90 Å². The number of nitrogens with zero attached hydrogens (tertiary/aromatic N) is 1. The van der Waals surface area contributed by atoms with E-state index in [4.69, 9.17) is 5.11 Å². The molecule has 0 bridgehead atoms. The fourth-order valence-electron chi connectivity index (χ4n) is 1.91. The number of carboxylic acid groups (broad SMARTS) is 1. The zero-order valence-electron chi connectivity index (χ0n) is 11.6. The second-order valence-electron chi connectivity index (χ2n) is 4.84. The lowest BCUT2D eigenvalue weighted by Gasteiger charge is -2.14. The SMILES string of the molecule is CN(C)c1cccc(Nc2ccc(CC(=O)O)cc2)c1. The zero-order valence-corrected chi connectivity index (χ0v) is 11.6. The lowest BCUT2D eigenvalue weighted by atomic mass is 10.1. The van der Waals surface area contributed by atoms with Crippen LogP contribution in [-0.2, 0) is 11.2 Å². The summed E-state index contributed by atoms with van der Waals surface area (Å²) in [5, 5.41) is 12.0. The van der Waals surface area contributed by atoms with Gasteiger partial charge in [0.15, 0.2) is 0 Å². The smallest absolute Gasteiger partial charge is 0.307 e. The van der Waals surface area contributed by atoms with Crippen molar-refractivity contribution in [2.75, 3.05) is 24.3 Å². The molecule has 2 N–H and O–H groups in total. The summed E-state index contributed by atoms with van der Waals surface area (Å²) in [5.74, 6) is -0.815. The number of aliphatic carboxylic acids is 1. The molecule has 104 valence electrons. The van der Waals surface area contributed by atoms with Crippen LogP contribution in [0.4, 0.5) is 17.1 Å². The number of hydrogen-bond acceptors (Lipinski definition) is 3. The van der Waals surface area contributed by atoms with Crippen molar-refractivity contribution in [2.45, 2.75) is 6.42 Å². The van der Waals surface area contributed by atoms with Gasteiger partial charge in [0.05, 0.1) is 6.42 Å². The highest BCUT2D eigenvalue weighted by molar-refractivity contribution is 5.71. The van der Waals surface area contributed by atoms with Crippen molar-refractivity contribution in [1.82, 2.24) is 0 Å². The Morgan fingerprint density at radius 2 is 1.80 bits per heavy atom. The van der Waals surface area contributed by atoms with E-state index in [2.05, 4.69) is 11.4 Å². The molecule has 0 aliphatic carbocycles. The first kappa shape index (κ1) is 13.9. The van der Waals surface area contributed by atoms with Crippen molar-refractivity contribution in [1.29, 1.82) is 0 Å². The maximum absolute atomic E-state index is 10.6. The Hall–Kier alpha value is -2.49. The molecular formula is C16H18N2O2. The summed E-state index contributed by atoms with van der Waals surface area (Å²) < 4.78 is 0. The average Bonchev–Trinajstić information content (AvgIpc) is 2.41. The first-order valence-corrected chi connectivity index (χ1v) is 6.40. The lowest BCUT2D eigenvalue weighted by molar-refractivity contribution is -0.136. The molecule has 0 fully saturated rings. The molecule has 0 spiro atoms. The molecule has 0 aliphatic heterocycles. The predicted molar refractivity (Wildman–Crippen MR) is 81.8 cm³/mol. The van der Waals surface area contributed by atoms with Crippen molar-refractivity contribution in [3.05, 3.63) is 54.1 Å². The van der Waals surface area contributed by atoms with Gasteiger partial charge in [-0.1, -0.05) is 18.2 Å². The molecule has 0 heterocycles. The summed E-state index contributed by atoms with van der Waals surface area (Å²) in [6.45, 7) is 0. The Morgan fingerprint density at radius 1 is 1.10 bits per heavy atom. The molecule has 2 aromatic rings. The van der Waals surface area contributed by atoms with E-state index >= 15 is 0 Å². The fourth-order valence-corrected chi connectivity index (χ4v) is 1.91. The van der Waals surface area contributed by atoms with Gasteiger partial charge in [-0.3, -0.25) is 4.79 Å². The van der Waals surface area contributed by atoms with Gasteiger partial charge in [-0.2, -0.15) is 0 Å². The van der Waals surface area contributed by atoms with Crippen LogP contribution in [0, 0.1) is 0 Å². The quantitative estimate of drug-likeness (QED) is 0.876. The molecule has 20 heavy (non-hydrogen) atoms. The van der Waals surface area contributed by atoms with Crippen LogP contribution < -0.4 is 10.2 Å². The monoisotopic (exact) mass is 270 g/mol. The first-order chi connectivity index (χ1) is 9.54. The van der Waals surface area contributed by atoms with Crippen molar-refractivity contribution in [2.24, 2.45) is 0 Å². The number of anilines is 3. The number of hydrogen-bond donors (Lipinski definition) is 2. The topological polar surface area (TPSA) is 52.6 Å². The van der Waals surface area contributed by atoms with E-state index in [1.165, 1.54) is 0 Å². The summed E-state index contributed by atoms with van der Waals surface area (Å²) in [4.78, 5) is 12.7. The van der Waals surface area contributed by atoms with Gasteiger partial charge in [0.2, 0.25) is 0 Å². The Labute approximate surface area is 118 Å². The van der Waals surface area contributed by atoms with E-state index < -0.39 is 5.97 Å². The normalized spacial score (nSPS) is 10.1. The molecule has 4 heteroatoms. The maximum atomic E-state index is 10.6. The molecule has 2 aromatic carbocycles. The number of benzene rings is 2. The Morgan fingerprint density at radius 3 is 2.40 bits per heavy atom. The van der Waals surface area contributed by atoms with Crippen molar-refractivity contribution in [3.63, 3.8) is 0 Å². The van der Waals surface area contributed by atoms with E-state index in [0.717, 1.165) is 22.6 Å². The number of nitrogens with one attached hydrogen (secondary N) is 1. The lowest BCUT2D eigenvalue weighted by Crippen LogP contribution is -2.08. The van der Waals surface area contributed by atoms with E-state index in [9.17, 15) is 4.79 Å². The summed E-state index contributed by atoms with van der Waals surface area (Å²) in [5.41, 5.74) is 3.86. The molecule has 0 saturated carbocycles. The van der Waals surface area contributed by atoms with Crippen molar-refractivity contribution >= 4 is 23.0 Å². The van der Waals surface area contributed by atoms with Gasteiger partial charge >= 0.3 is 5.97 Å². The van der Waals surface area contributed by atoms with Crippen LogP contribution in [0.5, 0.6) is 0 Å². The van der Waals surface area contributed by atoms with Crippen LogP contribution in [0.3, 0.4) is 0 Å². The first-order valence-electron chi connectivity index (χ1n) is 6.40. The molecule has 0 radical (unpaired) electrons. The zero-order chi connectivity index (χ0) is 14.5. The highest BCUT2D eigenvalue weighted by Crippen LogP contribution is 2.21. The second-order valence-corrected chi connectivity index (χ2v) is 4.84.